The number of benzene rings is 1. The molecule has 0 saturated carbocycles. The van der Waals surface area contributed by atoms with Crippen molar-refractivity contribution in [3.05, 3.63) is 34.8 Å². The number of hydrogen-bond donors (Lipinski definition) is 1. The van der Waals surface area contributed by atoms with Gasteiger partial charge in [-0.15, -0.1) is 0 Å². The predicted molar refractivity (Wildman–Crippen MR) is 74.0 cm³/mol. The third-order valence-corrected chi connectivity index (χ3v) is 3.01. The van der Waals surface area contributed by atoms with E-state index in [4.69, 9.17) is 15.2 Å². The number of ether oxygens (including phenoxy) is 2. The highest BCUT2D eigenvalue weighted by Crippen LogP contribution is 2.29. The normalized spacial score (nSPS) is 10.3. The highest BCUT2D eigenvalue weighted by Gasteiger charge is 2.05. The summed E-state index contributed by atoms with van der Waals surface area (Å²) in [6.45, 7) is 4.97. The van der Waals surface area contributed by atoms with Crippen molar-refractivity contribution in [2.75, 3.05) is 20.4 Å². The molecular weight excluding hydrogens is 282 g/mol. The van der Waals surface area contributed by atoms with Gasteiger partial charge in [-0.3, -0.25) is 0 Å². The maximum Gasteiger partial charge on any atom is 0.188 e. The first-order chi connectivity index (χ1) is 8.19. The summed E-state index contributed by atoms with van der Waals surface area (Å²) in [5.74, 6) is 0.762. The van der Waals surface area contributed by atoms with Gasteiger partial charge in [-0.25, -0.2) is 0 Å². The summed E-state index contributed by atoms with van der Waals surface area (Å²) in [4.78, 5) is 0. The van der Waals surface area contributed by atoms with Gasteiger partial charge in [-0.05, 0) is 58.6 Å². The molecule has 0 aliphatic heterocycles. The van der Waals surface area contributed by atoms with Crippen molar-refractivity contribution in [1.82, 2.24) is 0 Å². The predicted octanol–water partition coefficient (Wildman–Crippen LogP) is 3.18. The Morgan fingerprint density at radius 2 is 2.24 bits per heavy atom. The Bertz CT molecular complexity index is 380. The molecule has 0 amide bonds. The molecule has 0 aliphatic rings. The molecule has 3 nitrogen and oxygen atoms in total. The van der Waals surface area contributed by atoms with Crippen molar-refractivity contribution in [2.45, 2.75) is 12.8 Å². The van der Waals surface area contributed by atoms with Gasteiger partial charge in [0.1, 0.15) is 5.75 Å². The Kier molecular flexibility index (Phi) is 6.26. The van der Waals surface area contributed by atoms with Crippen molar-refractivity contribution >= 4 is 21.5 Å². The maximum atomic E-state index is 5.48. The van der Waals surface area contributed by atoms with Crippen LogP contribution in [0.4, 0.5) is 0 Å². The molecule has 0 bridgehead atoms. The average Bonchev–Trinajstić information content (AvgIpc) is 2.35. The van der Waals surface area contributed by atoms with Crippen LogP contribution in [-0.4, -0.2) is 20.4 Å². The fraction of sp³-hybridized carbons (Fsp3) is 0.385. The van der Waals surface area contributed by atoms with Crippen LogP contribution >= 0.6 is 15.9 Å². The molecule has 0 fully saturated rings. The Morgan fingerprint density at radius 1 is 1.47 bits per heavy atom. The van der Waals surface area contributed by atoms with Crippen LogP contribution in [0.15, 0.2) is 29.3 Å². The summed E-state index contributed by atoms with van der Waals surface area (Å²) in [5.41, 5.74) is 7.64. The second kappa shape index (κ2) is 7.48. The third kappa shape index (κ3) is 4.50. The highest BCUT2D eigenvalue weighted by atomic mass is 79.9. The van der Waals surface area contributed by atoms with E-state index in [9.17, 15) is 0 Å². The first kappa shape index (κ1) is 14.2. The summed E-state index contributed by atoms with van der Waals surface area (Å²) >= 11 is 3.43. The van der Waals surface area contributed by atoms with E-state index in [1.54, 1.807) is 7.11 Å². The minimum Gasteiger partial charge on any atom is -0.466 e. The molecule has 1 aromatic carbocycles. The van der Waals surface area contributed by atoms with E-state index in [2.05, 4.69) is 22.5 Å². The molecule has 17 heavy (non-hydrogen) atoms. The van der Waals surface area contributed by atoms with E-state index < -0.39 is 0 Å². The zero-order valence-corrected chi connectivity index (χ0v) is 11.6. The van der Waals surface area contributed by atoms with Gasteiger partial charge < -0.3 is 15.2 Å². The molecule has 2 N–H and O–H groups in total. The third-order valence-electron chi connectivity index (χ3n) is 2.35. The van der Waals surface area contributed by atoms with E-state index in [0.29, 0.717) is 6.54 Å². The monoisotopic (exact) mass is 299 g/mol. The molecule has 0 saturated heterocycles. The second-order valence-corrected chi connectivity index (χ2v) is 4.55. The Balaban J connectivity index is 2.76. The molecule has 0 spiro atoms. The SMILES string of the molecule is C=C(CCCN)c1ccc(Br)c(OCOC)c1. The summed E-state index contributed by atoms with van der Waals surface area (Å²) in [5, 5.41) is 0. The van der Waals surface area contributed by atoms with Crippen LogP contribution < -0.4 is 10.5 Å². The van der Waals surface area contributed by atoms with E-state index in [0.717, 1.165) is 34.2 Å². The van der Waals surface area contributed by atoms with E-state index in [1.807, 2.05) is 18.2 Å². The van der Waals surface area contributed by atoms with Crippen LogP contribution in [0.25, 0.3) is 5.57 Å². The number of allylic oxidation sites excluding steroid dienone is 1. The topological polar surface area (TPSA) is 44.5 Å². The molecule has 94 valence electrons. The first-order valence-corrected chi connectivity index (χ1v) is 6.28. The molecule has 0 radical (unpaired) electrons. The van der Waals surface area contributed by atoms with Gasteiger partial charge in [0.2, 0.25) is 0 Å². The zero-order valence-electron chi connectivity index (χ0n) is 10.0. The molecule has 0 atom stereocenters. The molecular formula is C13H18BrNO2. The van der Waals surface area contributed by atoms with E-state index in [1.165, 1.54) is 0 Å². The van der Waals surface area contributed by atoms with Gasteiger partial charge in [-0.1, -0.05) is 12.6 Å². The van der Waals surface area contributed by atoms with Crippen molar-refractivity contribution in [2.24, 2.45) is 5.73 Å². The quantitative estimate of drug-likeness (QED) is 0.787. The van der Waals surface area contributed by atoms with E-state index in [-0.39, 0.29) is 6.79 Å². The van der Waals surface area contributed by atoms with E-state index >= 15 is 0 Å². The van der Waals surface area contributed by atoms with Crippen molar-refractivity contribution in [3.63, 3.8) is 0 Å². The van der Waals surface area contributed by atoms with Gasteiger partial charge in [0, 0.05) is 7.11 Å². The Labute approximate surface area is 111 Å². The zero-order chi connectivity index (χ0) is 12.7. The van der Waals surface area contributed by atoms with Gasteiger partial charge in [0.25, 0.3) is 0 Å². The van der Waals surface area contributed by atoms with Crippen LogP contribution in [0.3, 0.4) is 0 Å². The lowest BCUT2D eigenvalue weighted by Gasteiger charge is -2.10. The largest absolute Gasteiger partial charge is 0.466 e. The molecule has 0 aliphatic carbocycles. The van der Waals surface area contributed by atoms with Crippen LogP contribution in [0.5, 0.6) is 5.75 Å². The summed E-state index contributed by atoms with van der Waals surface area (Å²) in [6.07, 6.45) is 1.85. The minimum atomic E-state index is 0.233. The number of nitrogens with two attached hydrogens (primary N) is 1. The molecule has 0 aromatic heterocycles. The standard InChI is InChI=1S/C13H18BrNO2/c1-10(4-3-7-15)11-5-6-12(14)13(8-11)17-9-16-2/h5-6,8H,1,3-4,7,9,15H2,2H3. The molecule has 1 rings (SSSR count). The molecule has 0 unspecified atom stereocenters. The fourth-order valence-electron chi connectivity index (χ4n) is 1.42. The summed E-state index contributed by atoms with van der Waals surface area (Å²) in [7, 11) is 1.60. The van der Waals surface area contributed by atoms with Crippen molar-refractivity contribution in [3.8, 4) is 5.75 Å². The van der Waals surface area contributed by atoms with Gasteiger partial charge in [-0.2, -0.15) is 0 Å². The molecule has 0 heterocycles. The Morgan fingerprint density at radius 3 is 2.88 bits per heavy atom. The van der Waals surface area contributed by atoms with Crippen molar-refractivity contribution in [1.29, 1.82) is 0 Å². The molecule has 1 aromatic rings. The van der Waals surface area contributed by atoms with Gasteiger partial charge >= 0.3 is 0 Å². The lowest BCUT2D eigenvalue weighted by atomic mass is 10.0. The van der Waals surface area contributed by atoms with Gasteiger partial charge in [0.05, 0.1) is 4.47 Å². The lowest BCUT2D eigenvalue weighted by molar-refractivity contribution is 0.0506. The lowest BCUT2D eigenvalue weighted by Crippen LogP contribution is -2.01. The number of rotatable bonds is 7. The first-order valence-electron chi connectivity index (χ1n) is 5.48. The summed E-state index contributed by atoms with van der Waals surface area (Å²) < 4.78 is 11.2. The number of methoxy groups -OCH3 is 1. The maximum absolute atomic E-state index is 5.48. The number of halogens is 1. The molecule has 4 heteroatoms. The minimum absolute atomic E-state index is 0.233. The average molecular weight is 300 g/mol. The second-order valence-electron chi connectivity index (χ2n) is 3.69. The smallest absolute Gasteiger partial charge is 0.188 e. The fourth-order valence-corrected chi connectivity index (χ4v) is 1.78. The van der Waals surface area contributed by atoms with Crippen LogP contribution in [0.1, 0.15) is 18.4 Å². The van der Waals surface area contributed by atoms with Crippen molar-refractivity contribution < 1.29 is 9.47 Å². The Hall–Kier alpha value is -0.840. The van der Waals surface area contributed by atoms with Crippen LogP contribution in [0, 0.1) is 0 Å². The van der Waals surface area contributed by atoms with Crippen LogP contribution in [-0.2, 0) is 4.74 Å². The summed E-state index contributed by atoms with van der Waals surface area (Å²) in [6, 6.07) is 5.93. The number of hydrogen-bond acceptors (Lipinski definition) is 3. The van der Waals surface area contributed by atoms with Gasteiger partial charge in [0.15, 0.2) is 6.79 Å². The highest BCUT2D eigenvalue weighted by molar-refractivity contribution is 9.10. The van der Waals surface area contributed by atoms with Crippen LogP contribution in [0.2, 0.25) is 0 Å².